The van der Waals surface area contributed by atoms with Gasteiger partial charge in [-0.05, 0) is 44.0 Å². The summed E-state index contributed by atoms with van der Waals surface area (Å²) in [5.41, 5.74) is 0. The van der Waals surface area contributed by atoms with Gasteiger partial charge in [-0.25, -0.2) is 0 Å². The number of halogens is 1. The number of nitrogens with one attached hydrogen (secondary N) is 2. The summed E-state index contributed by atoms with van der Waals surface area (Å²) in [5.74, 6) is 0.955. The van der Waals surface area contributed by atoms with Crippen molar-refractivity contribution in [3.63, 3.8) is 0 Å². The van der Waals surface area contributed by atoms with E-state index < -0.39 is 0 Å². The third kappa shape index (κ3) is 5.18. The zero-order valence-electron chi connectivity index (χ0n) is 13.4. The average molecular weight is 326 g/mol. The molecule has 0 spiro atoms. The van der Waals surface area contributed by atoms with Crippen LogP contribution in [0.1, 0.15) is 32.6 Å². The van der Waals surface area contributed by atoms with Crippen molar-refractivity contribution in [3.8, 4) is 5.75 Å². The molecule has 4 nitrogen and oxygen atoms in total. The van der Waals surface area contributed by atoms with Crippen LogP contribution in [0.25, 0.3) is 0 Å². The Hall–Kier alpha value is -1.26. The minimum absolute atomic E-state index is 0.0607. The van der Waals surface area contributed by atoms with Gasteiger partial charge >= 0.3 is 0 Å². The molecule has 1 fully saturated rings. The van der Waals surface area contributed by atoms with Gasteiger partial charge in [-0.3, -0.25) is 4.79 Å². The Morgan fingerprint density at radius 2 is 2.00 bits per heavy atom. The van der Waals surface area contributed by atoms with Gasteiger partial charge in [-0.15, -0.1) is 0 Å². The zero-order chi connectivity index (χ0) is 15.9. The summed E-state index contributed by atoms with van der Waals surface area (Å²) >= 11 is 5.84. The molecule has 0 saturated heterocycles. The third-order valence-electron chi connectivity index (χ3n) is 4.41. The van der Waals surface area contributed by atoms with Crippen LogP contribution in [0.5, 0.6) is 5.75 Å². The predicted molar refractivity (Wildman–Crippen MR) is 88.6 cm³/mol. The summed E-state index contributed by atoms with van der Waals surface area (Å²) < 4.78 is 5.68. The maximum Gasteiger partial charge on any atom is 0.278 e. The second-order valence-corrected chi connectivity index (χ2v) is 6.55. The Morgan fingerprint density at radius 1 is 1.36 bits per heavy atom. The molecule has 2 N–H and O–H groups in total. The van der Waals surface area contributed by atoms with Gasteiger partial charge in [0.1, 0.15) is 18.9 Å². The van der Waals surface area contributed by atoms with Crippen molar-refractivity contribution >= 4 is 17.5 Å². The summed E-state index contributed by atoms with van der Waals surface area (Å²) in [6, 6.07) is 7.65. The van der Waals surface area contributed by atoms with E-state index >= 15 is 0 Å². The molecule has 0 aliphatic heterocycles. The monoisotopic (exact) mass is 325 g/mol. The number of likely N-dealkylation sites (N-methyl/N-ethyl adjacent to an activating group) is 1. The molecule has 0 radical (unpaired) electrons. The van der Waals surface area contributed by atoms with E-state index in [-0.39, 0.29) is 11.9 Å². The highest BCUT2D eigenvalue weighted by atomic mass is 35.5. The molecule has 1 saturated carbocycles. The van der Waals surface area contributed by atoms with E-state index in [0.29, 0.717) is 17.7 Å². The summed E-state index contributed by atoms with van der Waals surface area (Å²) in [6.07, 6.45) is 4.71. The Bertz CT molecular complexity index is 472. The van der Waals surface area contributed by atoms with Crippen LogP contribution >= 0.6 is 11.6 Å². The normalized spacial score (nSPS) is 18.0. The van der Waals surface area contributed by atoms with Crippen molar-refractivity contribution in [2.24, 2.45) is 0 Å². The first kappa shape index (κ1) is 17.1. The number of carbonyl (C=O) groups is 1. The van der Waals surface area contributed by atoms with Crippen LogP contribution in [0.4, 0.5) is 0 Å². The van der Waals surface area contributed by atoms with Crippen LogP contribution in [0, 0.1) is 0 Å². The molecule has 1 aromatic carbocycles. The first-order valence-electron chi connectivity index (χ1n) is 8.07. The van der Waals surface area contributed by atoms with Gasteiger partial charge in [0.2, 0.25) is 0 Å². The summed E-state index contributed by atoms with van der Waals surface area (Å²) in [6.45, 7) is 3.33. The largest absolute Gasteiger partial charge is 0.488 e. The molecule has 0 bridgehead atoms. The van der Waals surface area contributed by atoms with Gasteiger partial charge in [-0.1, -0.05) is 24.4 Å². The lowest BCUT2D eigenvalue weighted by molar-refractivity contribution is -0.894. The summed E-state index contributed by atoms with van der Waals surface area (Å²) in [7, 11) is 2.03. The fourth-order valence-electron chi connectivity index (χ4n) is 2.70. The number of carbonyl (C=O) groups excluding carboxylic acids is 1. The van der Waals surface area contributed by atoms with Crippen LogP contribution in [-0.4, -0.2) is 38.2 Å². The molecule has 0 aromatic heterocycles. The molecule has 5 heteroatoms. The SMILES string of the molecule is C[C@H](C(=O)NC1CCCC1)[NH+](C)CCOc1ccc(Cl)cc1. The Kier molecular flexibility index (Phi) is 6.52. The molecule has 0 heterocycles. The molecule has 1 aromatic rings. The van der Waals surface area contributed by atoms with Crippen LogP contribution < -0.4 is 15.0 Å². The van der Waals surface area contributed by atoms with Crippen LogP contribution in [0.15, 0.2) is 24.3 Å². The molecular formula is C17H26ClN2O2+. The van der Waals surface area contributed by atoms with E-state index in [1.54, 1.807) is 0 Å². The number of benzene rings is 1. The minimum Gasteiger partial charge on any atom is -0.488 e. The van der Waals surface area contributed by atoms with Crippen molar-refractivity contribution in [2.45, 2.75) is 44.7 Å². The molecule has 2 rings (SSSR count). The summed E-state index contributed by atoms with van der Waals surface area (Å²) in [4.78, 5) is 13.4. The molecule has 1 aliphatic rings. The van der Waals surface area contributed by atoms with E-state index in [0.717, 1.165) is 30.0 Å². The van der Waals surface area contributed by atoms with Crippen molar-refractivity contribution in [3.05, 3.63) is 29.3 Å². The van der Waals surface area contributed by atoms with E-state index in [1.807, 2.05) is 38.2 Å². The van der Waals surface area contributed by atoms with Crippen molar-refractivity contribution in [1.82, 2.24) is 5.32 Å². The minimum atomic E-state index is -0.0607. The number of hydrogen-bond acceptors (Lipinski definition) is 2. The molecule has 122 valence electrons. The second kappa shape index (κ2) is 8.39. The number of quaternary nitrogens is 1. The fourth-order valence-corrected chi connectivity index (χ4v) is 2.82. The van der Waals surface area contributed by atoms with E-state index in [4.69, 9.17) is 16.3 Å². The highest BCUT2D eigenvalue weighted by Gasteiger charge is 2.25. The maximum absolute atomic E-state index is 12.2. The fraction of sp³-hybridized carbons (Fsp3) is 0.588. The van der Waals surface area contributed by atoms with Gasteiger partial charge in [0, 0.05) is 11.1 Å². The molecule has 1 unspecified atom stereocenters. The smallest absolute Gasteiger partial charge is 0.278 e. The first-order valence-corrected chi connectivity index (χ1v) is 8.45. The number of rotatable bonds is 7. The molecule has 1 aliphatic carbocycles. The molecule has 22 heavy (non-hydrogen) atoms. The van der Waals surface area contributed by atoms with Gasteiger partial charge in [0.05, 0.1) is 7.05 Å². The quantitative estimate of drug-likeness (QED) is 0.801. The second-order valence-electron chi connectivity index (χ2n) is 6.11. The van der Waals surface area contributed by atoms with Crippen LogP contribution in [0.3, 0.4) is 0 Å². The first-order chi connectivity index (χ1) is 10.6. The Labute approximate surface area is 137 Å². The lowest BCUT2D eigenvalue weighted by Crippen LogP contribution is -3.14. The number of hydrogen-bond donors (Lipinski definition) is 2. The molecule has 2 atom stereocenters. The molecular weight excluding hydrogens is 300 g/mol. The van der Waals surface area contributed by atoms with Gasteiger partial charge in [0.15, 0.2) is 6.04 Å². The predicted octanol–water partition coefficient (Wildman–Crippen LogP) is 1.68. The van der Waals surface area contributed by atoms with Crippen molar-refractivity contribution in [1.29, 1.82) is 0 Å². The van der Waals surface area contributed by atoms with Crippen molar-refractivity contribution in [2.75, 3.05) is 20.2 Å². The third-order valence-corrected chi connectivity index (χ3v) is 4.66. The average Bonchev–Trinajstić information content (AvgIpc) is 3.01. The van der Waals surface area contributed by atoms with E-state index in [2.05, 4.69) is 5.32 Å². The number of ether oxygens (including phenoxy) is 1. The lowest BCUT2D eigenvalue weighted by atomic mass is 10.2. The highest BCUT2D eigenvalue weighted by Crippen LogP contribution is 2.17. The highest BCUT2D eigenvalue weighted by molar-refractivity contribution is 6.30. The standard InChI is InChI=1S/C17H25ClN2O2/c1-13(17(21)19-15-5-3-4-6-15)20(2)11-12-22-16-9-7-14(18)8-10-16/h7-10,13,15H,3-6,11-12H2,1-2H3,(H,19,21)/p+1/t13-/m1/s1. The Balaban J connectivity index is 1.69. The van der Waals surface area contributed by atoms with Gasteiger partial charge < -0.3 is 15.0 Å². The Morgan fingerprint density at radius 3 is 2.64 bits per heavy atom. The van der Waals surface area contributed by atoms with Crippen LogP contribution in [0.2, 0.25) is 5.02 Å². The number of amides is 1. The van der Waals surface area contributed by atoms with Gasteiger partial charge in [0.25, 0.3) is 5.91 Å². The maximum atomic E-state index is 12.2. The van der Waals surface area contributed by atoms with Gasteiger partial charge in [-0.2, -0.15) is 0 Å². The molecule has 1 amide bonds. The lowest BCUT2D eigenvalue weighted by Gasteiger charge is -2.22. The van der Waals surface area contributed by atoms with Crippen molar-refractivity contribution < 1.29 is 14.4 Å². The van der Waals surface area contributed by atoms with Crippen LogP contribution in [-0.2, 0) is 4.79 Å². The zero-order valence-corrected chi connectivity index (χ0v) is 14.2. The summed E-state index contributed by atoms with van der Waals surface area (Å²) in [5, 5.41) is 3.86. The topological polar surface area (TPSA) is 42.8 Å². The van der Waals surface area contributed by atoms with E-state index in [1.165, 1.54) is 12.8 Å². The van der Waals surface area contributed by atoms with E-state index in [9.17, 15) is 4.79 Å².